The van der Waals surface area contributed by atoms with Gasteiger partial charge in [-0.3, -0.25) is 9.10 Å². The zero-order valence-electron chi connectivity index (χ0n) is 19.3. The molecule has 0 aliphatic heterocycles. The number of aryl methyl sites for hydroxylation is 1. The fourth-order valence-corrected chi connectivity index (χ4v) is 4.32. The molecule has 0 atom stereocenters. The monoisotopic (exact) mass is 517 g/mol. The van der Waals surface area contributed by atoms with Crippen molar-refractivity contribution in [2.75, 3.05) is 23.7 Å². The molecule has 184 valence electrons. The van der Waals surface area contributed by atoms with Crippen LogP contribution in [0.25, 0.3) is 11.3 Å². The van der Waals surface area contributed by atoms with Crippen molar-refractivity contribution in [3.8, 4) is 11.3 Å². The van der Waals surface area contributed by atoms with E-state index >= 15 is 0 Å². The van der Waals surface area contributed by atoms with E-state index in [4.69, 9.17) is 20.8 Å². The Hall–Kier alpha value is -3.63. The molecule has 9 nitrogen and oxygen atoms in total. The Morgan fingerprint density at radius 3 is 2.49 bits per heavy atom. The molecule has 0 spiro atoms. The van der Waals surface area contributed by atoms with E-state index in [2.05, 4.69) is 10.5 Å². The first-order chi connectivity index (χ1) is 16.6. The van der Waals surface area contributed by atoms with Crippen molar-refractivity contribution in [3.63, 3.8) is 0 Å². The second-order valence-electron chi connectivity index (χ2n) is 7.49. The van der Waals surface area contributed by atoms with E-state index in [0.717, 1.165) is 16.1 Å². The third-order valence-electron chi connectivity index (χ3n) is 4.80. The van der Waals surface area contributed by atoms with Gasteiger partial charge >= 0.3 is 5.97 Å². The molecule has 1 heterocycles. The fourth-order valence-electron chi connectivity index (χ4n) is 3.18. The van der Waals surface area contributed by atoms with Crippen LogP contribution in [0.1, 0.15) is 28.6 Å². The molecule has 0 unspecified atom stereocenters. The molecule has 1 amide bonds. The summed E-state index contributed by atoms with van der Waals surface area (Å²) in [5, 5.41) is 4.31. The molecule has 1 N–H and O–H groups in total. The number of hydrazone groups is 1. The van der Waals surface area contributed by atoms with Crippen molar-refractivity contribution in [1.29, 1.82) is 0 Å². The van der Waals surface area contributed by atoms with Gasteiger partial charge < -0.3 is 9.15 Å². The lowest BCUT2D eigenvalue weighted by Gasteiger charge is -2.23. The van der Waals surface area contributed by atoms with Gasteiger partial charge in [0, 0.05) is 10.6 Å². The highest BCUT2D eigenvalue weighted by Crippen LogP contribution is 2.25. The van der Waals surface area contributed by atoms with Crippen LogP contribution in [0.4, 0.5) is 5.69 Å². The number of hydrogen-bond donors (Lipinski definition) is 1. The summed E-state index contributed by atoms with van der Waals surface area (Å²) in [5.74, 6) is -0.136. The number of esters is 1. The number of amides is 1. The number of sulfonamides is 1. The molecule has 3 aromatic rings. The molecule has 1 aromatic heterocycles. The van der Waals surface area contributed by atoms with Crippen LogP contribution in [-0.2, 0) is 19.6 Å². The van der Waals surface area contributed by atoms with Gasteiger partial charge in [0.1, 0.15) is 18.1 Å². The average molecular weight is 518 g/mol. The number of carbonyl (C=O) groups is 2. The molecule has 0 radical (unpaired) electrons. The number of hydrogen-bond acceptors (Lipinski definition) is 7. The minimum absolute atomic E-state index is 0.297. The van der Waals surface area contributed by atoms with Gasteiger partial charge in [-0.2, -0.15) is 5.10 Å². The Bertz CT molecular complexity index is 1350. The summed E-state index contributed by atoms with van der Waals surface area (Å²) in [6, 6.07) is 14.8. The van der Waals surface area contributed by atoms with Crippen LogP contribution in [0.15, 0.2) is 64.1 Å². The first-order valence-electron chi connectivity index (χ1n) is 10.5. The van der Waals surface area contributed by atoms with Gasteiger partial charge in [-0.05, 0) is 61.9 Å². The van der Waals surface area contributed by atoms with E-state index in [1.165, 1.54) is 6.21 Å². The summed E-state index contributed by atoms with van der Waals surface area (Å²) in [4.78, 5) is 24.1. The van der Waals surface area contributed by atoms with Gasteiger partial charge in [0.05, 0.1) is 30.3 Å². The van der Waals surface area contributed by atoms with Crippen molar-refractivity contribution in [2.45, 2.75) is 13.8 Å². The summed E-state index contributed by atoms with van der Waals surface area (Å²) in [6.07, 6.45) is 2.31. The first-order valence-corrected chi connectivity index (χ1v) is 12.7. The van der Waals surface area contributed by atoms with E-state index in [1.807, 2.05) is 0 Å². The van der Waals surface area contributed by atoms with Crippen LogP contribution in [0.5, 0.6) is 0 Å². The zero-order valence-corrected chi connectivity index (χ0v) is 20.9. The second kappa shape index (κ2) is 11.2. The predicted octanol–water partition coefficient (Wildman–Crippen LogP) is 4.00. The third-order valence-corrected chi connectivity index (χ3v) is 6.17. The van der Waals surface area contributed by atoms with Crippen LogP contribution in [0, 0.1) is 6.92 Å². The summed E-state index contributed by atoms with van der Waals surface area (Å²) in [5.41, 5.74) is 4.43. The maximum absolute atomic E-state index is 12.4. The third kappa shape index (κ3) is 6.93. The van der Waals surface area contributed by atoms with Crippen LogP contribution in [0.3, 0.4) is 0 Å². The minimum atomic E-state index is -3.73. The second-order valence-corrected chi connectivity index (χ2v) is 9.84. The maximum Gasteiger partial charge on any atom is 0.338 e. The number of anilines is 1. The molecular weight excluding hydrogens is 494 g/mol. The first kappa shape index (κ1) is 26.0. The molecule has 35 heavy (non-hydrogen) atoms. The minimum Gasteiger partial charge on any atom is -0.462 e. The van der Waals surface area contributed by atoms with E-state index in [9.17, 15) is 18.0 Å². The average Bonchev–Trinajstić information content (AvgIpc) is 3.26. The Morgan fingerprint density at radius 1 is 1.14 bits per heavy atom. The lowest BCUT2D eigenvalue weighted by molar-refractivity contribution is -0.119. The molecule has 0 aliphatic rings. The Balaban J connectivity index is 1.64. The van der Waals surface area contributed by atoms with E-state index in [-0.39, 0.29) is 0 Å². The molecular formula is C24H24ClN3O6S. The topological polar surface area (TPSA) is 118 Å². The number of nitrogens with zero attached hydrogens (tertiary/aromatic N) is 2. The summed E-state index contributed by atoms with van der Waals surface area (Å²) in [6.45, 7) is 3.27. The van der Waals surface area contributed by atoms with Crippen molar-refractivity contribution in [3.05, 3.63) is 76.5 Å². The Morgan fingerprint density at radius 2 is 1.86 bits per heavy atom. The quantitative estimate of drug-likeness (QED) is 0.260. The number of carbonyl (C=O) groups excluding carboxylic acids is 2. The summed E-state index contributed by atoms with van der Waals surface area (Å²) >= 11 is 5.95. The molecule has 11 heteroatoms. The van der Waals surface area contributed by atoms with E-state index < -0.39 is 28.4 Å². The Kier molecular flexibility index (Phi) is 8.31. The van der Waals surface area contributed by atoms with E-state index in [1.54, 1.807) is 68.4 Å². The largest absolute Gasteiger partial charge is 0.462 e. The lowest BCUT2D eigenvalue weighted by Crippen LogP contribution is -2.39. The molecule has 3 rings (SSSR count). The van der Waals surface area contributed by atoms with Gasteiger partial charge in [0.25, 0.3) is 5.91 Å². The molecule has 0 saturated carbocycles. The van der Waals surface area contributed by atoms with Crippen LogP contribution >= 0.6 is 11.6 Å². The predicted molar refractivity (Wildman–Crippen MR) is 134 cm³/mol. The van der Waals surface area contributed by atoms with E-state index in [0.29, 0.717) is 40.0 Å². The number of furan rings is 1. The molecule has 2 aromatic carbocycles. The van der Waals surface area contributed by atoms with Crippen LogP contribution in [0.2, 0.25) is 5.02 Å². The number of nitrogens with one attached hydrogen (secondary N) is 1. The summed E-state index contributed by atoms with van der Waals surface area (Å²) < 4.78 is 36.2. The highest BCUT2D eigenvalue weighted by atomic mass is 35.5. The normalized spacial score (nSPS) is 11.4. The van der Waals surface area contributed by atoms with Crippen LogP contribution in [-0.4, -0.2) is 45.9 Å². The van der Waals surface area contributed by atoms with Gasteiger partial charge in [-0.1, -0.05) is 23.7 Å². The SMILES string of the molecule is CCOC(=O)c1ccc(-c2ccc(/C=N\NC(=O)CN(c3ccc(Cl)cc3C)S(C)(=O)=O)o2)cc1. The number of benzene rings is 2. The van der Waals surface area contributed by atoms with Crippen molar-refractivity contribution in [2.24, 2.45) is 5.10 Å². The standard InChI is InChI=1S/C24H24ClN3O6S/c1-4-33-24(30)18-7-5-17(6-8-18)22-12-10-20(34-22)14-26-27-23(29)15-28(35(3,31)32)21-11-9-19(25)13-16(21)2/h5-14H,4,15H2,1-3H3,(H,27,29)/b26-14-. The fraction of sp³-hybridized carbons (Fsp3) is 0.208. The van der Waals surface area contributed by atoms with Crippen LogP contribution < -0.4 is 9.73 Å². The molecule has 0 bridgehead atoms. The number of ether oxygens (including phenoxy) is 1. The van der Waals surface area contributed by atoms with Gasteiger partial charge in [-0.25, -0.2) is 18.6 Å². The van der Waals surface area contributed by atoms with Crippen molar-refractivity contribution in [1.82, 2.24) is 5.43 Å². The zero-order chi connectivity index (χ0) is 25.6. The molecule has 0 aliphatic carbocycles. The van der Waals surface area contributed by atoms with Crippen molar-refractivity contribution < 1.29 is 27.2 Å². The van der Waals surface area contributed by atoms with Crippen molar-refractivity contribution >= 4 is 45.4 Å². The Labute approximate surface area is 208 Å². The lowest BCUT2D eigenvalue weighted by atomic mass is 10.1. The smallest absolute Gasteiger partial charge is 0.338 e. The maximum atomic E-state index is 12.4. The highest BCUT2D eigenvalue weighted by molar-refractivity contribution is 7.92. The van der Waals surface area contributed by atoms with Gasteiger partial charge in [-0.15, -0.1) is 0 Å². The summed E-state index contributed by atoms with van der Waals surface area (Å²) in [7, 11) is -3.73. The van der Waals surface area contributed by atoms with Gasteiger partial charge in [0.15, 0.2) is 0 Å². The molecule has 0 fully saturated rings. The van der Waals surface area contributed by atoms with Gasteiger partial charge in [0.2, 0.25) is 10.0 Å². The number of halogens is 1. The molecule has 0 saturated heterocycles. The number of rotatable bonds is 9. The highest BCUT2D eigenvalue weighted by Gasteiger charge is 2.22.